The molecule has 1 fully saturated rings. The molecule has 2 aliphatic carbocycles. The molecule has 1 aromatic carbocycles. The molecule has 33 heavy (non-hydrogen) atoms. The number of allylic oxidation sites excluding steroid dienone is 4. The Morgan fingerprint density at radius 1 is 1.21 bits per heavy atom. The van der Waals surface area contributed by atoms with E-state index in [1.807, 2.05) is 37.3 Å². The second-order valence-corrected chi connectivity index (χ2v) is 11.5. The normalized spacial score (nSPS) is 27.8. The Labute approximate surface area is 202 Å². The molecule has 182 valence electrons. The number of hydrogen-bond acceptors (Lipinski definition) is 2. The SMILES string of the molecule is CC1=CC[C@@H]2C(C)(C)CCC[C@]2(C)[C@@H]1CC/C(C)=C/CC[C@@H](C)OC(=O)Nc1ccccc1. The fourth-order valence-electron chi connectivity index (χ4n) is 6.64. The van der Waals surface area contributed by atoms with Crippen LogP contribution in [0.2, 0.25) is 0 Å². The average molecular weight is 452 g/mol. The van der Waals surface area contributed by atoms with Crippen LogP contribution in [0, 0.1) is 22.7 Å². The molecule has 4 atom stereocenters. The minimum atomic E-state index is -0.382. The molecular weight excluding hydrogens is 406 g/mol. The number of carbonyl (C=O) groups excluding carboxylic acids is 1. The Kier molecular flexibility index (Phi) is 8.48. The Balaban J connectivity index is 1.46. The number of para-hydroxylation sites is 1. The van der Waals surface area contributed by atoms with Crippen LogP contribution in [0.15, 0.2) is 53.6 Å². The van der Waals surface area contributed by atoms with Crippen molar-refractivity contribution < 1.29 is 9.53 Å². The molecule has 0 spiro atoms. The third kappa shape index (κ3) is 6.52. The number of hydrogen-bond donors (Lipinski definition) is 1. The Morgan fingerprint density at radius 2 is 1.94 bits per heavy atom. The molecule has 0 aromatic heterocycles. The maximum absolute atomic E-state index is 12.1. The molecule has 0 unspecified atom stereocenters. The third-order valence-corrected chi connectivity index (χ3v) is 8.52. The van der Waals surface area contributed by atoms with Gasteiger partial charge in [-0.05, 0) is 101 Å². The number of anilines is 1. The van der Waals surface area contributed by atoms with Gasteiger partial charge in [0.15, 0.2) is 0 Å². The van der Waals surface area contributed by atoms with Crippen molar-refractivity contribution in [1.29, 1.82) is 0 Å². The average Bonchev–Trinajstić information content (AvgIpc) is 2.73. The molecule has 0 heterocycles. The van der Waals surface area contributed by atoms with Gasteiger partial charge < -0.3 is 4.74 Å². The molecule has 2 aliphatic rings. The lowest BCUT2D eigenvalue weighted by atomic mass is 9.48. The van der Waals surface area contributed by atoms with E-state index in [-0.39, 0.29) is 12.2 Å². The summed E-state index contributed by atoms with van der Waals surface area (Å²) >= 11 is 0. The number of ether oxygens (including phenoxy) is 1. The van der Waals surface area contributed by atoms with Crippen LogP contribution in [-0.2, 0) is 4.74 Å². The summed E-state index contributed by atoms with van der Waals surface area (Å²) in [6.07, 6.45) is 14.0. The van der Waals surface area contributed by atoms with E-state index in [4.69, 9.17) is 4.74 Å². The van der Waals surface area contributed by atoms with E-state index in [0.29, 0.717) is 16.7 Å². The van der Waals surface area contributed by atoms with Crippen LogP contribution in [0.1, 0.15) is 92.9 Å². The first-order valence-electron chi connectivity index (χ1n) is 13.0. The predicted octanol–water partition coefficient (Wildman–Crippen LogP) is 8.93. The summed E-state index contributed by atoms with van der Waals surface area (Å²) in [6.45, 7) is 14.2. The number of carbonyl (C=O) groups is 1. The van der Waals surface area contributed by atoms with Crippen molar-refractivity contribution in [3.8, 4) is 0 Å². The fraction of sp³-hybridized carbons (Fsp3) is 0.633. The maximum atomic E-state index is 12.1. The van der Waals surface area contributed by atoms with Crippen molar-refractivity contribution in [2.75, 3.05) is 5.32 Å². The van der Waals surface area contributed by atoms with Gasteiger partial charge in [-0.3, -0.25) is 5.32 Å². The zero-order valence-electron chi connectivity index (χ0n) is 21.7. The van der Waals surface area contributed by atoms with E-state index < -0.39 is 0 Å². The van der Waals surface area contributed by atoms with E-state index in [0.717, 1.165) is 30.9 Å². The second-order valence-electron chi connectivity index (χ2n) is 11.5. The highest BCUT2D eigenvalue weighted by Gasteiger charge is 2.51. The van der Waals surface area contributed by atoms with Crippen molar-refractivity contribution in [3.63, 3.8) is 0 Å². The van der Waals surface area contributed by atoms with Crippen LogP contribution in [0.25, 0.3) is 0 Å². The molecule has 0 radical (unpaired) electrons. The number of nitrogens with one attached hydrogen (secondary N) is 1. The highest BCUT2D eigenvalue weighted by Crippen LogP contribution is 2.60. The van der Waals surface area contributed by atoms with Gasteiger partial charge in [0, 0.05) is 5.69 Å². The van der Waals surface area contributed by atoms with Crippen LogP contribution in [0.3, 0.4) is 0 Å². The van der Waals surface area contributed by atoms with Crippen LogP contribution < -0.4 is 5.32 Å². The lowest BCUT2D eigenvalue weighted by Crippen LogP contribution is -2.48. The summed E-state index contributed by atoms with van der Waals surface area (Å²) < 4.78 is 5.51. The quantitative estimate of drug-likeness (QED) is 0.401. The standard InChI is InChI=1S/C30H45NO2/c1-22(12-10-13-24(3)33-28(32)31-25-14-8-7-9-15-25)16-18-26-23(2)17-19-27-29(4,5)20-11-21-30(26,27)6/h7-9,12,14-15,17,24,26-27H,10-11,13,16,18-21H2,1-6H3,(H,31,32)/b22-12+/t24-,26-,27-,30-/m1/s1. The lowest BCUT2D eigenvalue weighted by Gasteiger charge is -2.57. The number of amides is 1. The van der Waals surface area contributed by atoms with E-state index in [1.54, 1.807) is 5.57 Å². The van der Waals surface area contributed by atoms with Gasteiger partial charge in [0.25, 0.3) is 0 Å². The third-order valence-electron chi connectivity index (χ3n) is 8.52. The van der Waals surface area contributed by atoms with Crippen molar-refractivity contribution in [2.45, 2.75) is 99.0 Å². The van der Waals surface area contributed by atoms with E-state index >= 15 is 0 Å². The molecule has 0 saturated heterocycles. The van der Waals surface area contributed by atoms with E-state index in [9.17, 15) is 4.79 Å². The molecular formula is C30H45NO2. The van der Waals surface area contributed by atoms with Gasteiger partial charge in [0.2, 0.25) is 0 Å². The largest absolute Gasteiger partial charge is 0.446 e. The van der Waals surface area contributed by atoms with Gasteiger partial charge in [0.1, 0.15) is 6.10 Å². The minimum absolute atomic E-state index is 0.106. The van der Waals surface area contributed by atoms with E-state index in [2.05, 4.69) is 52.1 Å². The highest BCUT2D eigenvalue weighted by molar-refractivity contribution is 5.84. The van der Waals surface area contributed by atoms with Crippen molar-refractivity contribution in [3.05, 3.63) is 53.6 Å². The smallest absolute Gasteiger partial charge is 0.411 e. The van der Waals surface area contributed by atoms with Crippen molar-refractivity contribution in [1.82, 2.24) is 0 Å². The number of rotatable bonds is 8. The summed E-state index contributed by atoms with van der Waals surface area (Å²) in [5.74, 6) is 1.50. The molecule has 1 aromatic rings. The molecule has 0 aliphatic heterocycles. The number of fused-ring (bicyclic) bond motifs is 1. The lowest BCUT2D eigenvalue weighted by molar-refractivity contribution is -0.0390. The summed E-state index contributed by atoms with van der Waals surface area (Å²) in [5, 5.41) is 2.78. The monoisotopic (exact) mass is 451 g/mol. The van der Waals surface area contributed by atoms with Gasteiger partial charge in [-0.15, -0.1) is 0 Å². The first-order chi connectivity index (χ1) is 15.6. The summed E-state index contributed by atoms with van der Waals surface area (Å²) in [7, 11) is 0. The molecule has 0 bridgehead atoms. The van der Waals surface area contributed by atoms with Gasteiger partial charge >= 0.3 is 6.09 Å². The highest BCUT2D eigenvalue weighted by atomic mass is 16.6. The molecule has 3 heteroatoms. The first-order valence-corrected chi connectivity index (χ1v) is 13.0. The Hall–Kier alpha value is -2.03. The van der Waals surface area contributed by atoms with Gasteiger partial charge in [0.05, 0.1) is 0 Å². The predicted molar refractivity (Wildman–Crippen MR) is 139 cm³/mol. The summed E-state index contributed by atoms with van der Waals surface area (Å²) in [5.41, 5.74) is 4.73. The summed E-state index contributed by atoms with van der Waals surface area (Å²) in [4.78, 5) is 12.1. The first kappa shape index (κ1) is 25.6. The summed E-state index contributed by atoms with van der Waals surface area (Å²) in [6, 6.07) is 9.43. The van der Waals surface area contributed by atoms with Crippen LogP contribution in [-0.4, -0.2) is 12.2 Å². The molecule has 3 rings (SSSR count). The Morgan fingerprint density at radius 3 is 2.67 bits per heavy atom. The van der Waals surface area contributed by atoms with Gasteiger partial charge in [-0.1, -0.05) is 68.7 Å². The maximum Gasteiger partial charge on any atom is 0.411 e. The topological polar surface area (TPSA) is 38.3 Å². The van der Waals surface area contributed by atoms with Crippen LogP contribution >= 0.6 is 0 Å². The molecule has 1 saturated carbocycles. The van der Waals surface area contributed by atoms with Crippen LogP contribution in [0.5, 0.6) is 0 Å². The zero-order chi connectivity index (χ0) is 24.1. The second kappa shape index (κ2) is 10.9. The molecule has 1 amide bonds. The van der Waals surface area contributed by atoms with E-state index in [1.165, 1.54) is 37.7 Å². The Bertz CT molecular complexity index is 853. The number of benzene rings is 1. The molecule has 3 nitrogen and oxygen atoms in total. The van der Waals surface area contributed by atoms with Crippen molar-refractivity contribution >= 4 is 11.8 Å². The minimum Gasteiger partial charge on any atom is -0.446 e. The van der Waals surface area contributed by atoms with Gasteiger partial charge in [-0.2, -0.15) is 0 Å². The van der Waals surface area contributed by atoms with Crippen molar-refractivity contribution in [2.24, 2.45) is 22.7 Å². The fourth-order valence-corrected chi connectivity index (χ4v) is 6.64. The van der Waals surface area contributed by atoms with Crippen LogP contribution in [0.4, 0.5) is 10.5 Å². The van der Waals surface area contributed by atoms with Gasteiger partial charge in [-0.25, -0.2) is 4.79 Å². The molecule has 1 N–H and O–H groups in total. The zero-order valence-corrected chi connectivity index (χ0v) is 21.7.